The van der Waals surface area contributed by atoms with Crippen molar-refractivity contribution in [1.29, 1.82) is 5.26 Å². The molecule has 5 nitrogen and oxygen atoms in total. The maximum atomic E-state index is 12.3. The average molecular weight is 302 g/mol. The van der Waals surface area contributed by atoms with Gasteiger partial charge in [0.25, 0.3) is 5.91 Å². The molecule has 0 aliphatic heterocycles. The van der Waals surface area contributed by atoms with Crippen LogP contribution in [0.4, 0.5) is 5.69 Å². The number of amides is 1. The summed E-state index contributed by atoms with van der Waals surface area (Å²) in [6.07, 6.45) is 0. The Morgan fingerprint density at radius 1 is 1.17 bits per heavy atom. The Kier molecular flexibility index (Phi) is 3.89. The number of anilines is 1. The number of hydrogen-bond acceptors (Lipinski definition) is 3. The number of carbonyl (C=O) groups excluding carboxylic acids is 1. The molecule has 2 N–H and O–H groups in total. The molecule has 0 spiro atoms. The van der Waals surface area contributed by atoms with Crippen molar-refractivity contribution < 1.29 is 4.79 Å². The second-order valence-corrected chi connectivity index (χ2v) is 5.14. The van der Waals surface area contributed by atoms with Crippen molar-refractivity contribution in [2.24, 2.45) is 0 Å². The van der Waals surface area contributed by atoms with Gasteiger partial charge in [-0.3, -0.25) is 9.89 Å². The first-order valence-electron chi connectivity index (χ1n) is 7.10. The molecule has 0 aliphatic rings. The Labute approximate surface area is 133 Å². The van der Waals surface area contributed by atoms with Crippen LogP contribution in [0.3, 0.4) is 0 Å². The fourth-order valence-corrected chi connectivity index (χ4v) is 2.19. The van der Waals surface area contributed by atoms with E-state index in [2.05, 4.69) is 15.5 Å². The maximum absolute atomic E-state index is 12.3. The molecule has 1 aromatic heterocycles. The Morgan fingerprint density at radius 2 is 1.91 bits per heavy atom. The van der Waals surface area contributed by atoms with Crippen LogP contribution in [0.25, 0.3) is 11.3 Å². The van der Waals surface area contributed by atoms with E-state index in [0.717, 1.165) is 11.1 Å². The average Bonchev–Trinajstić information content (AvgIpc) is 3.06. The number of carbonyl (C=O) groups is 1. The van der Waals surface area contributed by atoms with Gasteiger partial charge in [-0.1, -0.05) is 42.0 Å². The van der Waals surface area contributed by atoms with Crippen molar-refractivity contribution in [1.82, 2.24) is 10.2 Å². The number of benzene rings is 2. The molecule has 3 aromatic rings. The summed E-state index contributed by atoms with van der Waals surface area (Å²) < 4.78 is 0. The Balaban J connectivity index is 1.81. The fraction of sp³-hybridized carbons (Fsp3) is 0.0556. The molecule has 5 heteroatoms. The minimum absolute atomic E-state index is 0.335. The van der Waals surface area contributed by atoms with Gasteiger partial charge in [0.1, 0.15) is 11.8 Å². The summed E-state index contributed by atoms with van der Waals surface area (Å²) in [6, 6.07) is 18.5. The summed E-state index contributed by atoms with van der Waals surface area (Å²) in [6.45, 7) is 2.01. The van der Waals surface area contributed by atoms with Crippen LogP contribution in [0.5, 0.6) is 0 Å². The molecule has 3 rings (SSSR count). The predicted octanol–water partition coefficient (Wildman–Crippen LogP) is 3.51. The van der Waals surface area contributed by atoms with E-state index in [9.17, 15) is 4.79 Å². The van der Waals surface area contributed by atoms with Crippen LogP contribution in [0.2, 0.25) is 0 Å². The van der Waals surface area contributed by atoms with Gasteiger partial charge < -0.3 is 5.32 Å². The zero-order valence-corrected chi connectivity index (χ0v) is 12.5. The molecule has 0 saturated carbocycles. The lowest BCUT2D eigenvalue weighted by Gasteiger charge is -2.04. The van der Waals surface area contributed by atoms with E-state index >= 15 is 0 Å². The molecule has 0 atom stereocenters. The molecule has 2 aromatic carbocycles. The van der Waals surface area contributed by atoms with Crippen molar-refractivity contribution in [2.75, 3.05) is 5.32 Å². The van der Waals surface area contributed by atoms with Crippen LogP contribution < -0.4 is 5.32 Å². The second-order valence-electron chi connectivity index (χ2n) is 5.14. The molecule has 0 bridgehead atoms. The number of nitriles is 1. The molecule has 112 valence electrons. The Bertz CT molecular complexity index is 888. The van der Waals surface area contributed by atoms with E-state index in [1.54, 1.807) is 30.3 Å². The SMILES string of the molecule is Cc1ccc(-c2cc(C(=O)Nc3ccccc3C#N)[nH]n2)cc1. The molecule has 1 heterocycles. The Hall–Kier alpha value is -3.39. The second kappa shape index (κ2) is 6.16. The highest BCUT2D eigenvalue weighted by atomic mass is 16.1. The van der Waals surface area contributed by atoms with Crippen LogP contribution in [0.15, 0.2) is 54.6 Å². The van der Waals surface area contributed by atoms with Gasteiger partial charge >= 0.3 is 0 Å². The molecule has 0 saturated heterocycles. The number of nitrogens with one attached hydrogen (secondary N) is 2. The quantitative estimate of drug-likeness (QED) is 0.776. The van der Waals surface area contributed by atoms with Crippen molar-refractivity contribution in [3.63, 3.8) is 0 Å². The first kappa shape index (κ1) is 14.5. The van der Waals surface area contributed by atoms with E-state index < -0.39 is 0 Å². The van der Waals surface area contributed by atoms with E-state index in [0.29, 0.717) is 22.6 Å². The number of nitrogens with zero attached hydrogens (tertiary/aromatic N) is 2. The first-order chi connectivity index (χ1) is 11.2. The predicted molar refractivity (Wildman–Crippen MR) is 87.9 cm³/mol. The third kappa shape index (κ3) is 3.11. The smallest absolute Gasteiger partial charge is 0.273 e. The van der Waals surface area contributed by atoms with Gasteiger partial charge in [0.2, 0.25) is 0 Å². The summed E-state index contributed by atoms with van der Waals surface area (Å²) >= 11 is 0. The lowest BCUT2D eigenvalue weighted by Crippen LogP contribution is -2.13. The van der Waals surface area contributed by atoms with Crippen LogP contribution in [0, 0.1) is 18.3 Å². The number of aromatic amines is 1. The number of aromatic nitrogens is 2. The van der Waals surface area contributed by atoms with Crippen LogP contribution in [0.1, 0.15) is 21.6 Å². The molecule has 0 fully saturated rings. The minimum atomic E-state index is -0.335. The zero-order valence-electron chi connectivity index (χ0n) is 12.5. The maximum Gasteiger partial charge on any atom is 0.273 e. The molecular formula is C18H14N4O. The van der Waals surface area contributed by atoms with Gasteiger partial charge in [0.15, 0.2) is 0 Å². The molecule has 0 aliphatic carbocycles. The molecule has 1 amide bonds. The number of para-hydroxylation sites is 1. The normalized spacial score (nSPS) is 10.1. The monoisotopic (exact) mass is 302 g/mol. The number of hydrogen-bond donors (Lipinski definition) is 2. The summed E-state index contributed by atoms with van der Waals surface area (Å²) in [7, 11) is 0. The van der Waals surface area contributed by atoms with Crippen LogP contribution >= 0.6 is 0 Å². The zero-order chi connectivity index (χ0) is 16.2. The van der Waals surface area contributed by atoms with Crippen molar-refractivity contribution in [3.05, 3.63) is 71.4 Å². The highest BCUT2D eigenvalue weighted by Crippen LogP contribution is 2.19. The van der Waals surface area contributed by atoms with Gasteiger partial charge in [-0.15, -0.1) is 0 Å². The molecule has 0 unspecified atom stereocenters. The number of rotatable bonds is 3. The fourth-order valence-electron chi connectivity index (χ4n) is 2.19. The molecular weight excluding hydrogens is 288 g/mol. The van der Waals surface area contributed by atoms with Gasteiger partial charge in [-0.25, -0.2) is 0 Å². The van der Waals surface area contributed by atoms with Gasteiger partial charge in [-0.2, -0.15) is 10.4 Å². The van der Waals surface area contributed by atoms with Gasteiger partial charge in [0.05, 0.1) is 16.9 Å². The summed E-state index contributed by atoms with van der Waals surface area (Å²) in [5.41, 5.74) is 4.03. The first-order valence-corrected chi connectivity index (χ1v) is 7.10. The van der Waals surface area contributed by atoms with Gasteiger partial charge in [-0.05, 0) is 25.1 Å². The lowest BCUT2D eigenvalue weighted by molar-refractivity contribution is 0.102. The minimum Gasteiger partial charge on any atom is -0.319 e. The van der Waals surface area contributed by atoms with E-state index in [1.165, 1.54) is 0 Å². The standard InChI is InChI=1S/C18H14N4O/c1-12-6-8-13(9-7-12)16-10-17(22-21-16)18(23)20-15-5-3-2-4-14(15)11-19/h2-10H,1H3,(H,20,23)(H,21,22). The topological polar surface area (TPSA) is 81.6 Å². The lowest BCUT2D eigenvalue weighted by atomic mass is 10.1. The van der Waals surface area contributed by atoms with Crippen molar-refractivity contribution in [3.8, 4) is 17.3 Å². The van der Waals surface area contributed by atoms with Crippen LogP contribution in [-0.4, -0.2) is 16.1 Å². The summed E-state index contributed by atoms with van der Waals surface area (Å²) in [5, 5.41) is 18.7. The number of aryl methyl sites for hydroxylation is 1. The van der Waals surface area contributed by atoms with E-state index in [1.807, 2.05) is 37.3 Å². The van der Waals surface area contributed by atoms with E-state index in [4.69, 9.17) is 5.26 Å². The Morgan fingerprint density at radius 3 is 2.65 bits per heavy atom. The van der Waals surface area contributed by atoms with Gasteiger partial charge in [0, 0.05) is 5.56 Å². The molecule has 23 heavy (non-hydrogen) atoms. The largest absolute Gasteiger partial charge is 0.319 e. The van der Waals surface area contributed by atoms with Crippen LogP contribution in [-0.2, 0) is 0 Å². The highest BCUT2D eigenvalue weighted by molar-refractivity contribution is 6.04. The summed E-state index contributed by atoms with van der Waals surface area (Å²) in [4.78, 5) is 12.3. The summed E-state index contributed by atoms with van der Waals surface area (Å²) in [5.74, 6) is -0.335. The molecule has 0 radical (unpaired) electrons. The van der Waals surface area contributed by atoms with E-state index in [-0.39, 0.29) is 5.91 Å². The number of H-pyrrole nitrogens is 1. The van der Waals surface area contributed by atoms with Crippen molar-refractivity contribution in [2.45, 2.75) is 6.92 Å². The highest BCUT2D eigenvalue weighted by Gasteiger charge is 2.12. The third-order valence-electron chi connectivity index (χ3n) is 3.47. The van der Waals surface area contributed by atoms with Crippen molar-refractivity contribution >= 4 is 11.6 Å². The third-order valence-corrected chi connectivity index (χ3v) is 3.47.